The lowest BCUT2D eigenvalue weighted by Gasteiger charge is -2.19. The smallest absolute Gasteiger partial charge is 0.138 e. The molecular weight excluding hydrogens is 222 g/mol. The van der Waals surface area contributed by atoms with Gasteiger partial charge in [0.1, 0.15) is 11.7 Å². The number of hydrogen-bond donors (Lipinski definition) is 4. The lowest BCUT2D eigenvalue weighted by molar-refractivity contribution is 0.0572. The summed E-state index contributed by atoms with van der Waals surface area (Å²) in [5.41, 5.74) is 6.78. The number of rotatable bonds is 2. The van der Waals surface area contributed by atoms with Gasteiger partial charge in [-0.3, -0.25) is 10.1 Å². The maximum Gasteiger partial charge on any atom is 0.138 e. The molecule has 1 aromatic rings. The van der Waals surface area contributed by atoms with Crippen LogP contribution in [0.2, 0.25) is 0 Å². The third-order valence-corrected chi connectivity index (χ3v) is 3.02. The highest BCUT2D eigenvalue weighted by Crippen LogP contribution is 2.26. The number of aliphatic hydroxyl groups excluding tert-OH is 2. The Balaban J connectivity index is 2.42. The number of nitrogens with zero attached hydrogens (tertiary/aromatic N) is 3. The first-order valence-electron chi connectivity index (χ1n) is 5.41. The second-order valence-electron chi connectivity index (χ2n) is 4.36. The molecule has 0 saturated carbocycles. The van der Waals surface area contributed by atoms with Crippen molar-refractivity contribution in [2.45, 2.75) is 19.1 Å². The van der Waals surface area contributed by atoms with Crippen molar-refractivity contribution in [3.63, 3.8) is 0 Å². The summed E-state index contributed by atoms with van der Waals surface area (Å²) in [7, 11) is 1.76. The lowest BCUT2D eigenvalue weighted by Crippen LogP contribution is -2.27. The van der Waals surface area contributed by atoms with Crippen LogP contribution in [-0.2, 0) is 7.05 Å². The fraction of sp³-hybridized carbons (Fsp3) is 0.600. The number of nitrogens with one attached hydrogen (secondary N) is 1. The maximum atomic E-state index is 9.55. The average molecular weight is 239 g/mol. The molecular formula is C10H17N5O2. The van der Waals surface area contributed by atoms with Crippen LogP contribution in [0.25, 0.3) is 0 Å². The normalized spacial score (nSPS) is 24.4. The van der Waals surface area contributed by atoms with Gasteiger partial charge in [0.15, 0.2) is 0 Å². The highest BCUT2D eigenvalue weighted by molar-refractivity contribution is 6.01. The molecule has 0 radical (unpaired) electrons. The van der Waals surface area contributed by atoms with Crippen molar-refractivity contribution in [3.05, 3.63) is 11.3 Å². The van der Waals surface area contributed by atoms with E-state index in [-0.39, 0.29) is 5.84 Å². The molecule has 2 atom stereocenters. The van der Waals surface area contributed by atoms with E-state index in [2.05, 4.69) is 5.10 Å². The second-order valence-corrected chi connectivity index (χ2v) is 4.36. The summed E-state index contributed by atoms with van der Waals surface area (Å²) < 4.78 is 1.62. The van der Waals surface area contributed by atoms with E-state index in [0.717, 1.165) is 0 Å². The fourth-order valence-corrected chi connectivity index (χ4v) is 2.27. The summed E-state index contributed by atoms with van der Waals surface area (Å²) in [6, 6.07) is 0. The molecule has 1 saturated heterocycles. The van der Waals surface area contributed by atoms with Gasteiger partial charge in [0.2, 0.25) is 0 Å². The van der Waals surface area contributed by atoms with E-state index in [9.17, 15) is 10.2 Å². The van der Waals surface area contributed by atoms with E-state index in [1.807, 2.05) is 0 Å². The molecule has 2 heterocycles. The fourth-order valence-electron chi connectivity index (χ4n) is 2.27. The van der Waals surface area contributed by atoms with Gasteiger partial charge in [-0.15, -0.1) is 0 Å². The molecule has 2 unspecified atom stereocenters. The number of aryl methyl sites for hydroxylation is 2. The Labute approximate surface area is 99.0 Å². The lowest BCUT2D eigenvalue weighted by atomic mass is 10.2. The molecule has 0 aromatic carbocycles. The number of nitrogens with two attached hydrogens (primary N) is 1. The van der Waals surface area contributed by atoms with Crippen LogP contribution in [0.4, 0.5) is 5.82 Å². The van der Waals surface area contributed by atoms with Crippen molar-refractivity contribution in [1.82, 2.24) is 9.78 Å². The van der Waals surface area contributed by atoms with Gasteiger partial charge in [-0.1, -0.05) is 0 Å². The number of β-amino-alcohol motifs (C(OH)–C–C–N with tert-alkyl or cyclic N) is 2. The average Bonchev–Trinajstić information content (AvgIpc) is 2.68. The third kappa shape index (κ3) is 1.87. The SMILES string of the molecule is Cc1nn(C)c(N2CC(O)C(O)C2)c1C(=N)N. The molecule has 1 fully saturated rings. The number of hydrogen-bond acceptors (Lipinski definition) is 5. The maximum absolute atomic E-state index is 9.55. The zero-order valence-corrected chi connectivity index (χ0v) is 9.88. The number of amidine groups is 1. The minimum absolute atomic E-state index is 0.0542. The van der Waals surface area contributed by atoms with E-state index < -0.39 is 12.2 Å². The zero-order chi connectivity index (χ0) is 12.7. The molecule has 1 aliphatic heterocycles. The van der Waals surface area contributed by atoms with Crippen molar-refractivity contribution in [2.24, 2.45) is 12.8 Å². The van der Waals surface area contributed by atoms with Crippen molar-refractivity contribution in [2.75, 3.05) is 18.0 Å². The topological polar surface area (TPSA) is 111 Å². The van der Waals surface area contributed by atoms with Crippen LogP contribution in [0.1, 0.15) is 11.3 Å². The molecule has 7 nitrogen and oxygen atoms in total. The van der Waals surface area contributed by atoms with Crippen LogP contribution in [0, 0.1) is 12.3 Å². The number of anilines is 1. The van der Waals surface area contributed by atoms with E-state index in [1.54, 1.807) is 23.6 Å². The van der Waals surface area contributed by atoms with Gasteiger partial charge in [0, 0.05) is 20.1 Å². The minimum Gasteiger partial charge on any atom is -0.389 e. The Bertz CT molecular complexity index is 446. The molecule has 0 amide bonds. The summed E-state index contributed by atoms with van der Waals surface area (Å²) in [5.74, 6) is 0.618. The summed E-state index contributed by atoms with van der Waals surface area (Å²) in [6.45, 7) is 2.42. The predicted molar refractivity (Wildman–Crippen MR) is 63.2 cm³/mol. The molecule has 17 heavy (non-hydrogen) atoms. The number of aromatic nitrogens is 2. The van der Waals surface area contributed by atoms with Gasteiger partial charge in [-0.05, 0) is 6.92 Å². The first kappa shape index (κ1) is 11.9. The van der Waals surface area contributed by atoms with Gasteiger partial charge < -0.3 is 20.8 Å². The van der Waals surface area contributed by atoms with Crippen molar-refractivity contribution in [1.29, 1.82) is 5.41 Å². The molecule has 0 aliphatic carbocycles. The minimum atomic E-state index is -0.773. The Morgan fingerprint density at radius 1 is 1.41 bits per heavy atom. The Morgan fingerprint density at radius 2 is 1.94 bits per heavy atom. The highest BCUT2D eigenvalue weighted by Gasteiger charge is 2.33. The summed E-state index contributed by atoms with van der Waals surface area (Å²) in [6.07, 6.45) is -1.55. The third-order valence-electron chi connectivity index (χ3n) is 3.02. The van der Waals surface area contributed by atoms with E-state index >= 15 is 0 Å². The molecule has 0 bridgehead atoms. The summed E-state index contributed by atoms with van der Waals surface area (Å²) in [5, 5.41) is 30.9. The van der Waals surface area contributed by atoms with Crippen LogP contribution in [0.15, 0.2) is 0 Å². The standard InChI is InChI=1S/C10H17N5O2/c1-5-8(9(11)12)10(14(2)13-5)15-3-6(16)7(17)4-15/h6-7,16-17H,3-4H2,1-2H3,(H3,11,12). The monoisotopic (exact) mass is 239 g/mol. The Hall–Kier alpha value is -1.60. The van der Waals surface area contributed by atoms with Gasteiger partial charge in [-0.2, -0.15) is 5.10 Å². The van der Waals surface area contributed by atoms with Gasteiger partial charge >= 0.3 is 0 Å². The van der Waals surface area contributed by atoms with Gasteiger partial charge in [0.05, 0.1) is 23.5 Å². The molecule has 0 spiro atoms. The molecule has 94 valence electrons. The number of aliphatic hydroxyl groups is 2. The Kier molecular flexibility index (Phi) is 2.80. The first-order valence-corrected chi connectivity index (χ1v) is 5.41. The summed E-state index contributed by atoms with van der Waals surface area (Å²) in [4.78, 5) is 1.80. The van der Waals surface area contributed by atoms with Crippen molar-refractivity contribution in [3.8, 4) is 0 Å². The van der Waals surface area contributed by atoms with Crippen LogP contribution >= 0.6 is 0 Å². The van der Waals surface area contributed by atoms with Gasteiger partial charge in [-0.25, -0.2) is 0 Å². The quantitative estimate of drug-likeness (QED) is 0.373. The van der Waals surface area contributed by atoms with Crippen LogP contribution in [0.5, 0.6) is 0 Å². The van der Waals surface area contributed by atoms with Crippen LogP contribution in [0.3, 0.4) is 0 Å². The molecule has 2 rings (SSSR count). The van der Waals surface area contributed by atoms with E-state index in [0.29, 0.717) is 30.2 Å². The first-order chi connectivity index (χ1) is 7.91. The van der Waals surface area contributed by atoms with Crippen LogP contribution in [-0.4, -0.2) is 51.1 Å². The molecule has 5 N–H and O–H groups in total. The van der Waals surface area contributed by atoms with Crippen LogP contribution < -0.4 is 10.6 Å². The molecule has 1 aliphatic rings. The number of nitrogen functional groups attached to an aromatic ring is 1. The highest BCUT2D eigenvalue weighted by atomic mass is 16.3. The van der Waals surface area contributed by atoms with Crippen molar-refractivity contribution < 1.29 is 10.2 Å². The van der Waals surface area contributed by atoms with Gasteiger partial charge in [0.25, 0.3) is 0 Å². The summed E-state index contributed by atoms with van der Waals surface area (Å²) >= 11 is 0. The van der Waals surface area contributed by atoms with Crippen molar-refractivity contribution >= 4 is 11.7 Å². The van der Waals surface area contributed by atoms with E-state index in [4.69, 9.17) is 11.1 Å². The molecule has 1 aromatic heterocycles. The Morgan fingerprint density at radius 3 is 2.41 bits per heavy atom. The predicted octanol–water partition coefficient (Wildman–Crippen LogP) is -1.45. The molecule has 7 heteroatoms. The second kappa shape index (κ2) is 4.01. The van der Waals surface area contributed by atoms with E-state index in [1.165, 1.54) is 0 Å². The zero-order valence-electron chi connectivity index (χ0n) is 9.88. The largest absolute Gasteiger partial charge is 0.389 e.